The van der Waals surface area contributed by atoms with Crippen molar-refractivity contribution < 1.29 is 27.5 Å². The number of hydrogen-bond donors (Lipinski definition) is 1. The normalized spacial score (nSPS) is 18.0. The fourth-order valence-electron chi connectivity index (χ4n) is 4.22. The molecule has 0 aliphatic carbocycles. The zero-order chi connectivity index (χ0) is 20.9. The average molecular weight is 392 g/mol. The van der Waals surface area contributed by atoms with E-state index in [9.17, 15) is 4.79 Å². The molecular weight excluding hydrogens is 363 g/mol. The third-order valence-electron chi connectivity index (χ3n) is 5.47. The van der Waals surface area contributed by atoms with Gasteiger partial charge in [-0.15, -0.1) is 0 Å². The van der Waals surface area contributed by atoms with E-state index >= 15 is 8.63 Å². The van der Waals surface area contributed by atoms with Gasteiger partial charge in [0.05, 0.1) is 34.1 Å². The number of halogens is 2. The molecule has 3 rings (SSSR count). The van der Waals surface area contributed by atoms with Gasteiger partial charge in [0.15, 0.2) is 5.70 Å². The first-order valence-corrected chi connectivity index (χ1v) is 9.73. The second kappa shape index (κ2) is 6.99. The SMILES string of the molecule is CC1=CC(CCC(=O)O)=[N+]2C1=Cc1c(CCC[N+](C)(C)C)cc(C)n1[B-]2(F)F. The van der Waals surface area contributed by atoms with Gasteiger partial charge in [0.1, 0.15) is 5.71 Å². The maximum atomic E-state index is 15.6. The Balaban J connectivity index is 2.01. The fraction of sp³-hybridized carbons (Fsp3) is 0.500. The third-order valence-corrected chi connectivity index (χ3v) is 5.47. The summed E-state index contributed by atoms with van der Waals surface area (Å²) in [6.07, 6.45) is 5.15. The first-order chi connectivity index (χ1) is 12.9. The predicted octanol–water partition coefficient (Wildman–Crippen LogP) is 3.29. The lowest BCUT2D eigenvalue weighted by Gasteiger charge is -2.31. The monoisotopic (exact) mass is 392 g/mol. The lowest BCUT2D eigenvalue weighted by Crippen LogP contribution is -2.50. The van der Waals surface area contributed by atoms with Crippen LogP contribution >= 0.6 is 0 Å². The predicted molar refractivity (Wildman–Crippen MR) is 108 cm³/mol. The Bertz CT molecular complexity index is 921. The summed E-state index contributed by atoms with van der Waals surface area (Å²) < 4.78 is 34.2. The van der Waals surface area contributed by atoms with E-state index < -0.39 is 12.9 Å². The van der Waals surface area contributed by atoms with Crippen LogP contribution in [0.25, 0.3) is 6.08 Å². The van der Waals surface area contributed by atoms with Gasteiger partial charge >= 0.3 is 12.9 Å². The summed E-state index contributed by atoms with van der Waals surface area (Å²) in [4.78, 5) is 10.9. The number of aryl methyl sites for hydroxylation is 2. The second-order valence-electron chi connectivity index (χ2n) is 8.88. The molecule has 1 aromatic heterocycles. The van der Waals surface area contributed by atoms with Crippen LogP contribution in [-0.4, -0.2) is 64.9 Å². The molecule has 8 heteroatoms. The molecule has 1 aromatic rings. The molecule has 0 amide bonds. The molecule has 0 saturated carbocycles. The molecule has 0 atom stereocenters. The minimum absolute atomic E-state index is 0.0906. The van der Waals surface area contributed by atoms with E-state index in [2.05, 4.69) is 21.1 Å². The highest BCUT2D eigenvalue weighted by Gasteiger charge is 2.53. The molecule has 0 unspecified atom stereocenters. The van der Waals surface area contributed by atoms with E-state index in [1.54, 1.807) is 19.9 Å². The molecule has 152 valence electrons. The zero-order valence-corrected chi connectivity index (χ0v) is 17.3. The number of hydrogen-bond acceptors (Lipinski definition) is 1. The van der Waals surface area contributed by atoms with Gasteiger partial charge in [-0.1, -0.05) is 0 Å². The van der Waals surface area contributed by atoms with E-state index in [0.717, 1.165) is 44.0 Å². The summed E-state index contributed by atoms with van der Waals surface area (Å²) in [7, 11) is 6.37. The van der Waals surface area contributed by atoms with Gasteiger partial charge in [-0.2, -0.15) is 0 Å². The first-order valence-electron chi connectivity index (χ1n) is 9.73. The molecule has 0 radical (unpaired) electrons. The molecule has 2 aliphatic heterocycles. The van der Waals surface area contributed by atoms with E-state index in [1.165, 1.54) is 0 Å². The maximum Gasteiger partial charge on any atom is 0.737 e. The number of allylic oxidation sites excluding steroid dienone is 2. The van der Waals surface area contributed by atoms with Crippen LogP contribution in [0.3, 0.4) is 0 Å². The van der Waals surface area contributed by atoms with Gasteiger partial charge in [-0.25, -0.2) is 0 Å². The van der Waals surface area contributed by atoms with Crippen LogP contribution in [0.5, 0.6) is 0 Å². The van der Waals surface area contributed by atoms with Crippen molar-refractivity contribution in [3.8, 4) is 0 Å². The number of carbonyl (C=O) groups is 1. The standard InChI is InChI=1S/C20H28BF2N3O2/c1-14-11-17(8-9-20(27)28)25-18(14)13-19-16(7-6-10-26(3,4)5)12-15(2)24(19)21(25,22)23/h11-13H,6-10H2,1-5H3/p+1. The van der Waals surface area contributed by atoms with Crippen molar-refractivity contribution in [1.29, 1.82) is 0 Å². The Kier molecular flexibility index (Phi) is 5.12. The second-order valence-corrected chi connectivity index (χ2v) is 8.88. The van der Waals surface area contributed by atoms with Crippen LogP contribution in [0.1, 0.15) is 43.1 Å². The van der Waals surface area contributed by atoms with Crippen molar-refractivity contribution >= 4 is 24.7 Å². The molecular formula is C20H29BF2N3O2+. The topological polar surface area (TPSA) is 45.2 Å². The number of aliphatic carboxylic acids is 1. The first kappa shape index (κ1) is 20.5. The Hall–Kier alpha value is -2.22. The van der Waals surface area contributed by atoms with Crippen molar-refractivity contribution in [2.45, 2.75) is 39.5 Å². The van der Waals surface area contributed by atoms with Crippen molar-refractivity contribution in [2.24, 2.45) is 0 Å². The lowest BCUT2D eigenvalue weighted by molar-refractivity contribution is -0.870. The van der Waals surface area contributed by atoms with Gasteiger partial charge < -0.3 is 27.2 Å². The van der Waals surface area contributed by atoms with Crippen LogP contribution in [0, 0.1) is 6.92 Å². The minimum atomic E-state index is -4.05. The van der Waals surface area contributed by atoms with Crippen LogP contribution in [-0.2, 0) is 11.2 Å². The summed E-state index contributed by atoms with van der Waals surface area (Å²) in [6, 6.07) is 1.87. The van der Waals surface area contributed by atoms with Crippen LogP contribution < -0.4 is 0 Å². The lowest BCUT2D eigenvalue weighted by atomic mass is 9.89. The molecule has 0 saturated heterocycles. The highest BCUT2D eigenvalue weighted by Crippen LogP contribution is 2.37. The molecule has 0 spiro atoms. The maximum absolute atomic E-state index is 15.6. The zero-order valence-electron chi connectivity index (χ0n) is 17.3. The number of nitrogens with zero attached hydrogens (tertiary/aromatic N) is 3. The number of carboxylic acids is 1. The molecule has 1 N–H and O–H groups in total. The highest BCUT2D eigenvalue weighted by atomic mass is 19.2. The molecule has 3 heterocycles. The number of quaternary nitrogens is 1. The summed E-state index contributed by atoms with van der Waals surface area (Å²) in [5.41, 5.74) is 3.70. The molecule has 2 aliphatic rings. The smallest absolute Gasteiger partial charge is 0.481 e. The Morgan fingerprint density at radius 2 is 1.89 bits per heavy atom. The largest absolute Gasteiger partial charge is 0.737 e. The number of fused-ring (bicyclic) bond motifs is 2. The van der Waals surface area contributed by atoms with E-state index in [0.29, 0.717) is 22.8 Å². The van der Waals surface area contributed by atoms with Gasteiger partial charge in [0.25, 0.3) is 0 Å². The van der Waals surface area contributed by atoms with Crippen molar-refractivity contribution in [2.75, 3.05) is 27.7 Å². The van der Waals surface area contributed by atoms with Crippen LogP contribution in [0.2, 0.25) is 0 Å². The molecule has 0 bridgehead atoms. The van der Waals surface area contributed by atoms with Crippen molar-refractivity contribution in [3.63, 3.8) is 0 Å². The molecule has 0 fully saturated rings. The summed E-state index contributed by atoms with van der Waals surface area (Å²) in [5.74, 6) is -0.985. The van der Waals surface area contributed by atoms with E-state index in [-0.39, 0.29) is 12.8 Å². The average Bonchev–Trinajstić information content (AvgIpc) is 3.03. The third kappa shape index (κ3) is 3.70. The highest BCUT2D eigenvalue weighted by molar-refractivity contribution is 6.58. The van der Waals surface area contributed by atoms with Gasteiger partial charge in [-0.3, -0.25) is 4.79 Å². The molecule has 28 heavy (non-hydrogen) atoms. The Morgan fingerprint density at radius 3 is 2.50 bits per heavy atom. The van der Waals surface area contributed by atoms with Gasteiger partial charge in [-0.05, 0) is 37.6 Å². The fourth-order valence-corrected chi connectivity index (χ4v) is 4.22. The van der Waals surface area contributed by atoms with Crippen molar-refractivity contribution in [3.05, 3.63) is 40.4 Å². The number of aromatic nitrogens is 1. The van der Waals surface area contributed by atoms with E-state index in [1.807, 2.05) is 12.1 Å². The van der Waals surface area contributed by atoms with Crippen LogP contribution in [0.15, 0.2) is 23.4 Å². The summed E-state index contributed by atoms with van der Waals surface area (Å²) >= 11 is 0. The van der Waals surface area contributed by atoms with E-state index in [4.69, 9.17) is 5.11 Å². The number of rotatable bonds is 7. The number of carboxylic acid groups (broad SMARTS) is 1. The Morgan fingerprint density at radius 1 is 1.21 bits per heavy atom. The van der Waals surface area contributed by atoms with Gasteiger partial charge in [0.2, 0.25) is 0 Å². The quantitative estimate of drug-likeness (QED) is 0.572. The van der Waals surface area contributed by atoms with Crippen molar-refractivity contribution in [1.82, 2.24) is 4.48 Å². The Labute approximate surface area is 164 Å². The van der Waals surface area contributed by atoms with Crippen LogP contribution in [0.4, 0.5) is 8.63 Å². The summed E-state index contributed by atoms with van der Waals surface area (Å²) in [6.45, 7) is 0.443. The summed E-state index contributed by atoms with van der Waals surface area (Å²) in [5, 5.41) is 8.95. The van der Waals surface area contributed by atoms with Gasteiger partial charge in [0, 0.05) is 36.3 Å². The molecule has 5 nitrogen and oxygen atoms in total. The molecule has 0 aromatic carbocycles. The minimum Gasteiger partial charge on any atom is -0.481 e.